The number of ether oxygens (including phenoxy) is 1. The Hall–Kier alpha value is -4.13. The molecule has 0 bridgehead atoms. The van der Waals surface area contributed by atoms with Gasteiger partial charge in [0, 0.05) is 30.1 Å². The minimum Gasteiger partial charge on any atom is -0.497 e. The Morgan fingerprint density at radius 1 is 1.06 bits per heavy atom. The monoisotopic (exact) mass is 457 g/mol. The van der Waals surface area contributed by atoms with Gasteiger partial charge in [-0.2, -0.15) is 0 Å². The first-order valence-electron chi connectivity index (χ1n) is 11.0. The number of carbonyl (C=O) groups excluding carboxylic acids is 2. The Balaban J connectivity index is 1.49. The highest BCUT2D eigenvalue weighted by molar-refractivity contribution is 6.07. The van der Waals surface area contributed by atoms with Crippen LogP contribution < -0.4 is 10.1 Å². The summed E-state index contributed by atoms with van der Waals surface area (Å²) in [4.78, 5) is 28.1. The number of hydrogen-bond acceptors (Lipinski definition) is 3. The highest BCUT2D eigenvalue weighted by Crippen LogP contribution is 2.43. The lowest BCUT2D eigenvalue weighted by atomic mass is 9.98. The maximum absolute atomic E-state index is 13.6. The summed E-state index contributed by atoms with van der Waals surface area (Å²) in [5.41, 5.74) is 3.99. The first-order valence-corrected chi connectivity index (χ1v) is 11.0. The third kappa shape index (κ3) is 3.69. The Morgan fingerprint density at radius 3 is 2.56 bits per heavy atom. The Kier molecular flexibility index (Phi) is 5.53. The van der Waals surface area contributed by atoms with Gasteiger partial charge >= 0.3 is 0 Å². The van der Waals surface area contributed by atoms with E-state index in [2.05, 4.69) is 5.32 Å². The molecule has 0 saturated carbocycles. The number of aryl methyl sites for hydroxylation is 1. The summed E-state index contributed by atoms with van der Waals surface area (Å²) < 4.78 is 20.7. The molecule has 172 valence electrons. The number of fused-ring (bicyclic) bond motifs is 3. The lowest BCUT2D eigenvalue weighted by Gasteiger charge is -2.26. The van der Waals surface area contributed by atoms with Gasteiger partial charge in [-0.25, -0.2) is 4.39 Å². The van der Waals surface area contributed by atoms with E-state index in [1.54, 1.807) is 24.1 Å². The quantitative estimate of drug-likeness (QED) is 0.472. The van der Waals surface area contributed by atoms with E-state index in [4.69, 9.17) is 4.74 Å². The molecule has 2 heterocycles. The zero-order chi connectivity index (χ0) is 23.8. The van der Waals surface area contributed by atoms with Crippen LogP contribution in [0.4, 0.5) is 4.39 Å². The largest absolute Gasteiger partial charge is 0.497 e. The molecule has 3 aromatic carbocycles. The topological polar surface area (TPSA) is 63.6 Å². The molecular formula is C27H24FN3O3. The van der Waals surface area contributed by atoms with Gasteiger partial charge < -0.3 is 19.5 Å². The number of methoxy groups -OCH3 is 1. The van der Waals surface area contributed by atoms with E-state index < -0.39 is 6.04 Å². The molecule has 7 heteroatoms. The highest BCUT2D eigenvalue weighted by Gasteiger charge is 2.42. The smallest absolute Gasteiger partial charge is 0.272 e. The molecule has 34 heavy (non-hydrogen) atoms. The number of carbonyl (C=O) groups is 2. The normalized spacial score (nSPS) is 15.0. The van der Waals surface area contributed by atoms with Gasteiger partial charge in [-0.3, -0.25) is 9.59 Å². The second-order valence-electron chi connectivity index (χ2n) is 8.35. The second kappa shape index (κ2) is 8.67. The average Bonchev–Trinajstić information content (AvgIpc) is 3.30. The van der Waals surface area contributed by atoms with Gasteiger partial charge in [-0.1, -0.05) is 42.5 Å². The van der Waals surface area contributed by atoms with Gasteiger partial charge in [-0.15, -0.1) is 0 Å². The number of halogens is 1. The van der Waals surface area contributed by atoms with Crippen molar-refractivity contribution in [1.29, 1.82) is 0 Å². The zero-order valence-corrected chi connectivity index (χ0v) is 18.9. The van der Waals surface area contributed by atoms with Crippen LogP contribution in [0.25, 0.3) is 10.9 Å². The lowest BCUT2D eigenvalue weighted by molar-refractivity contribution is -0.122. The number of aromatic nitrogens is 1. The van der Waals surface area contributed by atoms with E-state index in [1.165, 1.54) is 12.1 Å². The third-order valence-electron chi connectivity index (χ3n) is 6.32. The van der Waals surface area contributed by atoms with Crippen LogP contribution in [0.1, 0.15) is 33.2 Å². The highest BCUT2D eigenvalue weighted by atomic mass is 19.1. The first-order chi connectivity index (χ1) is 16.5. The van der Waals surface area contributed by atoms with Crippen molar-refractivity contribution in [3.63, 3.8) is 0 Å². The van der Waals surface area contributed by atoms with Crippen molar-refractivity contribution in [2.45, 2.75) is 12.6 Å². The van der Waals surface area contributed by atoms with Crippen LogP contribution in [0.15, 0.2) is 72.8 Å². The molecule has 0 unspecified atom stereocenters. The Labute approximate surface area is 196 Å². The van der Waals surface area contributed by atoms with Crippen LogP contribution >= 0.6 is 0 Å². The van der Waals surface area contributed by atoms with Crippen LogP contribution in [0, 0.1) is 5.82 Å². The molecule has 0 aliphatic carbocycles. The van der Waals surface area contributed by atoms with Gasteiger partial charge in [0.25, 0.3) is 5.91 Å². The molecule has 0 spiro atoms. The van der Waals surface area contributed by atoms with E-state index in [9.17, 15) is 14.0 Å². The predicted octanol–water partition coefficient (Wildman–Crippen LogP) is 4.19. The maximum atomic E-state index is 13.6. The summed E-state index contributed by atoms with van der Waals surface area (Å²) in [6, 6.07) is 21.1. The summed E-state index contributed by atoms with van der Waals surface area (Å²) in [7, 11) is 3.48. The summed E-state index contributed by atoms with van der Waals surface area (Å²) in [5, 5.41) is 3.79. The fourth-order valence-electron chi connectivity index (χ4n) is 4.72. The van der Waals surface area contributed by atoms with Crippen molar-refractivity contribution in [2.24, 2.45) is 7.05 Å². The van der Waals surface area contributed by atoms with E-state index in [-0.39, 0.29) is 30.7 Å². The molecule has 1 atom stereocenters. The fourth-order valence-corrected chi connectivity index (χ4v) is 4.72. The Bertz CT molecular complexity index is 1390. The molecule has 0 fully saturated rings. The summed E-state index contributed by atoms with van der Waals surface area (Å²) >= 11 is 0. The summed E-state index contributed by atoms with van der Waals surface area (Å²) in [6.07, 6.45) is 0. The van der Waals surface area contributed by atoms with Crippen LogP contribution in [0.5, 0.6) is 5.75 Å². The molecule has 0 radical (unpaired) electrons. The van der Waals surface area contributed by atoms with Crippen molar-refractivity contribution in [3.8, 4) is 5.75 Å². The third-order valence-corrected chi connectivity index (χ3v) is 6.32. The van der Waals surface area contributed by atoms with Crippen LogP contribution in [0.2, 0.25) is 0 Å². The summed E-state index contributed by atoms with van der Waals surface area (Å²) in [6.45, 7) is 0.0650. The Morgan fingerprint density at radius 2 is 1.82 bits per heavy atom. The van der Waals surface area contributed by atoms with Crippen LogP contribution in [-0.2, 0) is 18.4 Å². The van der Waals surface area contributed by atoms with E-state index in [0.29, 0.717) is 17.0 Å². The number of nitrogens with one attached hydrogen (secondary N) is 1. The van der Waals surface area contributed by atoms with Crippen molar-refractivity contribution in [2.75, 3.05) is 13.7 Å². The predicted molar refractivity (Wildman–Crippen MR) is 127 cm³/mol. The minimum atomic E-state index is -0.417. The summed E-state index contributed by atoms with van der Waals surface area (Å²) in [5.74, 6) is -0.155. The number of para-hydroxylation sites is 1. The lowest BCUT2D eigenvalue weighted by Crippen LogP contribution is -2.39. The number of nitrogens with zero attached hydrogens (tertiary/aromatic N) is 2. The molecule has 1 N–H and O–H groups in total. The maximum Gasteiger partial charge on any atom is 0.272 e. The van der Waals surface area contributed by atoms with Crippen molar-refractivity contribution < 1.29 is 18.7 Å². The van der Waals surface area contributed by atoms with Gasteiger partial charge in [0.1, 0.15) is 23.8 Å². The zero-order valence-electron chi connectivity index (χ0n) is 18.9. The van der Waals surface area contributed by atoms with Crippen LogP contribution in [-0.4, -0.2) is 34.9 Å². The molecule has 0 saturated heterocycles. The molecule has 1 aromatic heterocycles. The number of amides is 2. The van der Waals surface area contributed by atoms with Crippen molar-refractivity contribution >= 4 is 22.7 Å². The van der Waals surface area contributed by atoms with E-state index in [0.717, 1.165) is 22.0 Å². The average molecular weight is 458 g/mol. The molecule has 1 aliphatic rings. The fraction of sp³-hybridized carbons (Fsp3) is 0.185. The number of benzene rings is 3. The molecule has 6 nitrogen and oxygen atoms in total. The van der Waals surface area contributed by atoms with Gasteiger partial charge in [0.05, 0.1) is 13.2 Å². The second-order valence-corrected chi connectivity index (χ2v) is 8.35. The first kappa shape index (κ1) is 21.7. The molecule has 5 rings (SSSR count). The SMILES string of the molecule is COc1ccc([C@H]2c3c(n(C)c4ccccc34)C(=O)N2CC(=O)NCc2cccc(F)c2)cc1. The molecule has 2 amide bonds. The van der Waals surface area contributed by atoms with Gasteiger partial charge in [-0.05, 0) is 41.5 Å². The van der Waals surface area contributed by atoms with Gasteiger partial charge in [0.15, 0.2) is 0 Å². The van der Waals surface area contributed by atoms with Crippen molar-refractivity contribution in [3.05, 3.63) is 101 Å². The molecular weight excluding hydrogens is 433 g/mol. The molecule has 4 aromatic rings. The van der Waals surface area contributed by atoms with Crippen molar-refractivity contribution in [1.82, 2.24) is 14.8 Å². The molecule has 1 aliphatic heterocycles. The minimum absolute atomic E-state index is 0.117. The van der Waals surface area contributed by atoms with Crippen LogP contribution in [0.3, 0.4) is 0 Å². The van der Waals surface area contributed by atoms with Gasteiger partial charge in [0.2, 0.25) is 5.91 Å². The standard InChI is InChI=1S/C27H24FN3O3/c1-30-22-9-4-3-8-21(22)24-25(18-10-12-20(34-2)13-11-18)31(27(33)26(24)30)16-23(32)29-15-17-6-5-7-19(28)14-17/h3-14,25H,15-16H2,1-2H3,(H,29,32)/t25-/m0/s1. The van der Waals surface area contributed by atoms with E-state index >= 15 is 0 Å². The van der Waals surface area contributed by atoms with E-state index in [1.807, 2.05) is 60.1 Å². The number of hydrogen-bond donors (Lipinski definition) is 1. The number of rotatable bonds is 6.